The van der Waals surface area contributed by atoms with Crippen LogP contribution in [-0.2, 0) is 25.5 Å². The highest BCUT2D eigenvalue weighted by Crippen LogP contribution is 2.35. The van der Waals surface area contributed by atoms with E-state index in [0.29, 0.717) is 24.1 Å². The normalized spacial score (nSPS) is 18.5. The standard InChI is InChI=1S/C26H29Cl2N3O6/c1-37-26(36)20(29)13-15-4-2-5-17(15)23(32)31-21(25(34)35)12-14-8-10-16(11-9-14)30-24(33)22-18(27)6-3-7-19(22)28/h3,6-11,15,17,20-21H,2,4-5,12-13,29H2,1H3,(H,30,33)(H,31,32)(H,34,35)/t15?,17?,20?,21-/m0/s1. The lowest BCUT2D eigenvalue weighted by Gasteiger charge is -2.23. The first-order valence-corrected chi connectivity index (χ1v) is 12.6. The predicted molar refractivity (Wildman–Crippen MR) is 140 cm³/mol. The maximum absolute atomic E-state index is 12.9. The molecule has 1 aliphatic carbocycles. The average Bonchev–Trinajstić information content (AvgIpc) is 3.32. The van der Waals surface area contributed by atoms with Crippen molar-refractivity contribution in [3.05, 3.63) is 63.6 Å². The molecule has 1 aliphatic rings. The molecule has 0 spiro atoms. The number of hydrogen-bond donors (Lipinski definition) is 4. The first-order chi connectivity index (χ1) is 17.6. The Morgan fingerprint density at radius 2 is 1.73 bits per heavy atom. The van der Waals surface area contributed by atoms with Gasteiger partial charge in [0, 0.05) is 18.0 Å². The van der Waals surface area contributed by atoms with Gasteiger partial charge in [0.25, 0.3) is 5.91 Å². The second kappa shape index (κ2) is 12.9. The lowest BCUT2D eigenvalue weighted by Crippen LogP contribution is -2.46. The Morgan fingerprint density at radius 3 is 2.32 bits per heavy atom. The highest BCUT2D eigenvalue weighted by molar-refractivity contribution is 6.40. The van der Waals surface area contributed by atoms with E-state index in [1.54, 1.807) is 42.5 Å². The summed E-state index contributed by atoms with van der Waals surface area (Å²) in [5.41, 5.74) is 7.14. The Morgan fingerprint density at radius 1 is 1.08 bits per heavy atom. The molecule has 0 aliphatic heterocycles. The minimum absolute atomic E-state index is 0.0463. The Bertz CT molecular complexity index is 1140. The molecule has 11 heteroatoms. The van der Waals surface area contributed by atoms with Gasteiger partial charge in [0.1, 0.15) is 12.1 Å². The van der Waals surface area contributed by atoms with Crippen molar-refractivity contribution in [2.45, 2.75) is 44.2 Å². The van der Waals surface area contributed by atoms with Crippen molar-refractivity contribution in [2.75, 3.05) is 12.4 Å². The summed E-state index contributed by atoms with van der Waals surface area (Å²) in [5, 5.41) is 15.5. The molecule has 0 saturated heterocycles. The van der Waals surface area contributed by atoms with Crippen LogP contribution >= 0.6 is 23.2 Å². The summed E-state index contributed by atoms with van der Waals surface area (Å²) in [6, 6.07) is 9.37. The van der Waals surface area contributed by atoms with Gasteiger partial charge in [-0.3, -0.25) is 14.4 Å². The second-order valence-electron chi connectivity index (χ2n) is 9.01. The van der Waals surface area contributed by atoms with Crippen LogP contribution in [-0.4, -0.2) is 48.1 Å². The van der Waals surface area contributed by atoms with Crippen LogP contribution < -0.4 is 16.4 Å². The number of rotatable bonds is 10. The van der Waals surface area contributed by atoms with E-state index in [2.05, 4.69) is 15.4 Å². The third kappa shape index (κ3) is 7.44. The van der Waals surface area contributed by atoms with E-state index in [0.717, 1.165) is 12.8 Å². The second-order valence-corrected chi connectivity index (χ2v) is 9.83. The van der Waals surface area contributed by atoms with Gasteiger partial charge in [0.2, 0.25) is 5.91 Å². The molecule has 9 nitrogen and oxygen atoms in total. The molecule has 1 fully saturated rings. The molecule has 198 valence electrons. The average molecular weight is 550 g/mol. The number of aliphatic carboxylic acids is 1. The number of benzene rings is 2. The van der Waals surface area contributed by atoms with Crippen molar-refractivity contribution in [3.63, 3.8) is 0 Å². The number of methoxy groups -OCH3 is 1. The van der Waals surface area contributed by atoms with E-state index in [4.69, 9.17) is 28.9 Å². The molecule has 2 aromatic rings. The van der Waals surface area contributed by atoms with Crippen molar-refractivity contribution >= 4 is 52.6 Å². The van der Waals surface area contributed by atoms with Gasteiger partial charge >= 0.3 is 11.9 Å². The molecule has 4 atom stereocenters. The lowest BCUT2D eigenvalue weighted by molar-refractivity contribution is -0.143. The van der Waals surface area contributed by atoms with E-state index >= 15 is 0 Å². The van der Waals surface area contributed by atoms with Gasteiger partial charge in [-0.25, -0.2) is 4.79 Å². The lowest BCUT2D eigenvalue weighted by atomic mass is 9.89. The van der Waals surface area contributed by atoms with E-state index in [1.807, 2.05) is 0 Å². The molecule has 0 aromatic heterocycles. The summed E-state index contributed by atoms with van der Waals surface area (Å²) in [7, 11) is 1.26. The van der Waals surface area contributed by atoms with E-state index in [9.17, 15) is 24.3 Å². The zero-order valence-corrected chi connectivity index (χ0v) is 21.7. The number of carbonyl (C=O) groups excluding carboxylic acids is 3. The SMILES string of the molecule is COC(=O)C(N)CC1CCCC1C(=O)N[C@@H](Cc1ccc(NC(=O)c2c(Cl)cccc2Cl)cc1)C(=O)O. The number of carboxylic acid groups (broad SMARTS) is 1. The third-order valence-electron chi connectivity index (χ3n) is 6.51. The number of ether oxygens (including phenoxy) is 1. The molecule has 37 heavy (non-hydrogen) atoms. The van der Waals surface area contributed by atoms with Gasteiger partial charge in [-0.2, -0.15) is 0 Å². The Labute approximate surface area is 224 Å². The Kier molecular flexibility index (Phi) is 9.91. The number of hydrogen-bond acceptors (Lipinski definition) is 6. The molecule has 2 amide bonds. The summed E-state index contributed by atoms with van der Waals surface area (Å²) in [5.74, 6) is -3.10. The summed E-state index contributed by atoms with van der Waals surface area (Å²) >= 11 is 12.2. The van der Waals surface area contributed by atoms with Crippen molar-refractivity contribution in [1.29, 1.82) is 0 Å². The summed E-state index contributed by atoms with van der Waals surface area (Å²) < 4.78 is 4.67. The molecule has 1 saturated carbocycles. The van der Waals surface area contributed by atoms with Gasteiger partial charge in [-0.1, -0.05) is 47.8 Å². The van der Waals surface area contributed by atoms with Crippen molar-refractivity contribution in [3.8, 4) is 0 Å². The monoisotopic (exact) mass is 549 g/mol. The quantitative estimate of drug-likeness (QED) is 0.330. The largest absolute Gasteiger partial charge is 0.480 e. The summed E-state index contributed by atoms with van der Waals surface area (Å²) in [6.45, 7) is 0. The fraction of sp³-hybridized carbons (Fsp3) is 0.385. The molecule has 0 heterocycles. The van der Waals surface area contributed by atoms with Crippen LogP contribution in [0.15, 0.2) is 42.5 Å². The van der Waals surface area contributed by atoms with Crippen LogP contribution in [0.1, 0.15) is 41.6 Å². The number of amides is 2. The number of esters is 1. The van der Waals surface area contributed by atoms with Gasteiger partial charge in [-0.15, -0.1) is 0 Å². The number of halogens is 2. The fourth-order valence-corrected chi connectivity index (χ4v) is 5.15. The van der Waals surface area contributed by atoms with Crippen LogP contribution in [0.3, 0.4) is 0 Å². The molecule has 2 aromatic carbocycles. The molecule has 5 N–H and O–H groups in total. The van der Waals surface area contributed by atoms with E-state index < -0.39 is 35.8 Å². The number of anilines is 1. The summed E-state index contributed by atoms with van der Waals surface area (Å²) in [4.78, 5) is 49.1. The van der Waals surface area contributed by atoms with Crippen LogP contribution in [0.25, 0.3) is 0 Å². The zero-order valence-electron chi connectivity index (χ0n) is 20.2. The molecule has 3 rings (SSSR count). The molecule has 0 radical (unpaired) electrons. The molecule has 3 unspecified atom stereocenters. The maximum Gasteiger partial charge on any atom is 0.326 e. The van der Waals surface area contributed by atoms with Crippen LogP contribution in [0, 0.1) is 11.8 Å². The molecular weight excluding hydrogens is 521 g/mol. The zero-order chi connectivity index (χ0) is 27.1. The number of carbonyl (C=O) groups is 4. The van der Waals surface area contributed by atoms with E-state index in [1.165, 1.54) is 7.11 Å². The summed E-state index contributed by atoms with van der Waals surface area (Å²) in [6.07, 6.45) is 2.47. The van der Waals surface area contributed by atoms with Crippen LogP contribution in [0.4, 0.5) is 5.69 Å². The Hall–Kier alpha value is -3.14. The highest BCUT2D eigenvalue weighted by Gasteiger charge is 2.36. The van der Waals surface area contributed by atoms with Crippen LogP contribution in [0.5, 0.6) is 0 Å². The first-order valence-electron chi connectivity index (χ1n) is 11.8. The Balaban J connectivity index is 1.61. The smallest absolute Gasteiger partial charge is 0.326 e. The minimum atomic E-state index is -1.17. The molecule has 0 bridgehead atoms. The number of nitrogens with two attached hydrogens (primary N) is 1. The minimum Gasteiger partial charge on any atom is -0.480 e. The van der Waals surface area contributed by atoms with Crippen molar-refractivity contribution in [1.82, 2.24) is 5.32 Å². The maximum atomic E-state index is 12.9. The van der Waals surface area contributed by atoms with Gasteiger partial charge in [0.15, 0.2) is 0 Å². The van der Waals surface area contributed by atoms with Gasteiger partial charge < -0.3 is 26.2 Å². The van der Waals surface area contributed by atoms with Gasteiger partial charge in [-0.05, 0) is 55.0 Å². The van der Waals surface area contributed by atoms with Crippen molar-refractivity contribution in [2.24, 2.45) is 17.6 Å². The fourth-order valence-electron chi connectivity index (χ4n) is 4.58. The third-order valence-corrected chi connectivity index (χ3v) is 7.14. The number of nitrogens with one attached hydrogen (secondary N) is 2. The highest BCUT2D eigenvalue weighted by atomic mass is 35.5. The van der Waals surface area contributed by atoms with Crippen molar-refractivity contribution < 1.29 is 29.0 Å². The topological polar surface area (TPSA) is 148 Å². The molecular formula is C26H29Cl2N3O6. The van der Waals surface area contributed by atoms with Crippen LogP contribution in [0.2, 0.25) is 10.0 Å². The predicted octanol–water partition coefficient (Wildman–Crippen LogP) is 3.66. The van der Waals surface area contributed by atoms with E-state index in [-0.39, 0.29) is 33.9 Å². The number of carboxylic acids is 1. The first kappa shape index (κ1) is 28.4. The van der Waals surface area contributed by atoms with Gasteiger partial charge in [0.05, 0.1) is 22.7 Å².